The van der Waals surface area contributed by atoms with Crippen LogP contribution in [0.3, 0.4) is 0 Å². The molecule has 0 amide bonds. The van der Waals surface area contributed by atoms with Gasteiger partial charge in [0.15, 0.2) is 0 Å². The zero-order valence-corrected chi connectivity index (χ0v) is 9.63. The third-order valence-electron chi connectivity index (χ3n) is 1.98. The molecule has 1 aromatic heterocycles. The van der Waals surface area contributed by atoms with Crippen molar-refractivity contribution in [3.8, 4) is 0 Å². The van der Waals surface area contributed by atoms with Crippen molar-refractivity contribution in [1.82, 2.24) is 0 Å². The van der Waals surface area contributed by atoms with E-state index in [0.29, 0.717) is 5.58 Å². The molecule has 2 rings (SSSR count). The van der Waals surface area contributed by atoms with Gasteiger partial charge in [-0.05, 0) is 0 Å². The summed E-state index contributed by atoms with van der Waals surface area (Å²) in [7, 11) is 0. The summed E-state index contributed by atoms with van der Waals surface area (Å²) in [6.07, 6.45) is 0. The molecule has 0 radical (unpaired) electrons. The van der Waals surface area contributed by atoms with E-state index >= 15 is 0 Å². The van der Waals surface area contributed by atoms with Gasteiger partial charge in [0.2, 0.25) is 0 Å². The minimum atomic E-state index is -0.275. The first-order chi connectivity index (χ1) is 6.16. The fourth-order valence-corrected chi connectivity index (χ4v) is 1.86. The Balaban J connectivity index is 2.94. The molecule has 1 unspecified atom stereocenters. The van der Waals surface area contributed by atoms with Crippen LogP contribution in [0.25, 0.3) is 11.0 Å². The second-order valence-electron chi connectivity index (χ2n) is 3.00. The van der Waals surface area contributed by atoms with Crippen LogP contribution in [0.2, 0.25) is 0 Å². The Labute approximate surface area is 84.1 Å². The molecule has 2 aromatic rings. The molecule has 3 heteroatoms. The van der Waals surface area contributed by atoms with E-state index in [1.165, 1.54) is 22.9 Å². The standard InChI is InChI=1S/C10H9AsO2/c1-6-4-10(12)13-9-5-7(11)2-3-8(6)9/h2-5H,11H2,1H3. The van der Waals surface area contributed by atoms with Crippen LogP contribution in [0.15, 0.2) is 33.5 Å². The number of benzene rings is 1. The molecule has 1 heterocycles. The molecule has 0 aliphatic heterocycles. The first-order valence-corrected chi connectivity index (χ1v) is 5.18. The van der Waals surface area contributed by atoms with Crippen LogP contribution < -0.4 is 9.98 Å². The molecule has 13 heavy (non-hydrogen) atoms. The molecule has 2 nitrogen and oxygen atoms in total. The molecule has 66 valence electrons. The van der Waals surface area contributed by atoms with Crippen LogP contribution in [-0.4, -0.2) is 16.9 Å². The van der Waals surface area contributed by atoms with Crippen molar-refractivity contribution < 1.29 is 4.42 Å². The predicted molar refractivity (Wildman–Crippen MR) is 55.4 cm³/mol. The van der Waals surface area contributed by atoms with Crippen LogP contribution >= 0.6 is 0 Å². The van der Waals surface area contributed by atoms with Crippen molar-refractivity contribution in [3.05, 3.63) is 40.2 Å². The SMILES string of the molecule is Cc1cc(=O)oc2cc([AsH2])ccc12. The van der Waals surface area contributed by atoms with E-state index in [1.807, 2.05) is 25.1 Å². The summed E-state index contributed by atoms with van der Waals surface area (Å²) in [5.74, 6) is 0. The van der Waals surface area contributed by atoms with Gasteiger partial charge in [-0.2, -0.15) is 0 Å². The fraction of sp³-hybridized carbons (Fsp3) is 0.100. The zero-order valence-electron chi connectivity index (χ0n) is 7.20. The molecule has 0 N–H and O–H groups in total. The van der Waals surface area contributed by atoms with Gasteiger partial charge in [-0.25, -0.2) is 0 Å². The van der Waals surface area contributed by atoms with Crippen LogP contribution in [0.5, 0.6) is 0 Å². The summed E-state index contributed by atoms with van der Waals surface area (Å²) in [5.41, 5.74) is 1.38. The first kappa shape index (κ1) is 8.58. The van der Waals surface area contributed by atoms with E-state index < -0.39 is 0 Å². The van der Waals surface area contributed by atoms with E-state index in [1.54, 1.807) is 0 Å². The molecule has 0 bridgehead atoms. The van der Waals surface area contributed by atoms with Crippen molar-refractivity contribution in [3.63, 3.8) is 0 Å². The zero-order chi connectivity index (χ0) is 9.42. The van der Waals surface area contributed by atoms with E-state index in [-0.39, 0.29) is 5.63 Å². The van der Waals surface area contributed by atoms with Gasteiger partial charge in [-0.15, -0.1) is 0 Å². The first-order valence-electron chi connectivity index (χ1n) is 3.97. The van der Waals surface area contributed by atoms with Gasteiger partial charge in [0.05, 0.1) is 0 Å². The Morgan fingerprint density at radius 3 is 2.85 bits per heavy atom. The number of hydrogen-bond donors (Lipinski definition) is 0. The van der Waals surface area contributed by atoms with Crippen molar-refractivity contribution in [2.24, 2.45) is 0 Å². The molecule has 0 spiro atoms. The summed E-state index contributed by atoms with van der Waals surface area (Å²) in [6.45, 7) is 1.92. The van der Waals surface area contributed by atoms with Gasteiger partial charge in [0, 0.05) is 0 Å². The average Bonchev–Trinajstić information content (AvgIpc) is 2.02. The quantitative estimate of drug-likeness (QED) is 0.488. The summed E-state index contributed by atoms with van der Waals surface area (Å²) in [6, 6.07) is 7.45. The van der Waals surface area contributed by atoms with Crippen molar-refractivity contribution >= 4 is 32.2 Å². The topological polar surface area (TPSA) is 30.2 Å². The maximum absolute atomic E-state index is 11.1. The Hall–Kier alpha value is -1.01. The Bertz CT molecular complexity index is 514. The van der Waals surface area contributed by atoms with Crippen molar-refractivity contribution in [1.29, 1.82) is 0 Å². The Morgan fingerprint density at radius 1 is 1.31 bits per heavy atom. The fourth-order valence-electron chi connectivity index (χ4n) is 1.34. The Kier molecular flexibility index (Phi) is 2.01. The number of fused-ring (bicyclic) bond motifs is 1. The predicted octanol–water partition coefficient (Wildman–Crippen LogP) is 0.360. The van der Waals surface area contributed by atoms with Crippen LogP contribution in [0.1, 0.15) is 5.56 Å². The monoisotopic (exact) mass is 236 g/mol. The van der Waals surface area contributed by atoms with Crippen LogP contribution in [-0.2, 0) is 0 Å². The van der Waals surface area contributed by atoms with Crippen molar-refractivity contribution in [2.75, 3.05) is 0 Å². The van der Waals surface area contributed by atoms with Gasteiger partial charge in [0.25, 0.3) is 0 Å². The van der Waals surface area contributed by atoms with Gasteiger partial charge in [-0.1, -0.05) is 0 Å². The van der Waals surface area contributed by atoms with Crippen LogP contribution in [0, 0.1) is 6.92 Å². The second-order valence-corrected chi connectivity index (χ2v) is 4.40. The molecule has 0 saturated heterocycles. The van der Waals surface area contributed by atoms with Gasteiger partial charge in [0.1, 0.15) is 0 Å². The minimum absolute atomic E-state index is 0.275. The van der Waals surface area contributed by atoms with Gasteiger partial charge < -0.3 is 0 Å². The molecular weight excluding hydrogens is 227 g/mol. The molecule has 0 saturated carbocycles. The molecular formula is C10H9AsO2. The number of aryl methyl sites for hydroxylation is 1. The normalized spacial score (nSPS) is 10.6. The summed E-state index contributed by atoms with van der Waals surface area (Å²) in [5, 5.41) is 1.01. The van der Waals surface area contributed by atoms with Gasteiger partial charge in [-0.3, -0.25) is 0 Å². The maximum atomic E-state index is 11.1. The summed E-state index contributed by atoms with van der Waals surface area (Å²) >= 11 is 1.53. The molecule has 0 aliphatic carbocycles. The summed E-state index contributed by atoms with van der Waals surface area (Å²) in [4.78, 5) is 11.1. The number of hydrogen-bond acceptors (Lipinski definition) is 2. The average molecular weight is 236 g/mol. The van der Waals surface area contributed by atoms with Crippen LogP contribution in [0.4, 0.5) is 0 Å². The van der Waals surface area contributed by atoms with E-state index in [2.05, 4.69) is 0 Å². The molecule has 0 aliphatic rings. The van der Waals surface area contributed by atoms with E-state index in [9.17, 15) is 4.79 Å². The molecule has 0 fully saturated rings. The van der Waals surface area contributed by atoms with Gasteiger partial charge >= 0.3 is 83.8 Å². The Morgan fingerprint density at radius 2 is 2.08 bits per heavy atom. The third kappa shape index (κ3) is 1.54. The van der Waals surface area contributed by atoms with E-state index in [4.69, 9.17) is 4.42 Å². The molecule has 1 aromatic carbocycles. The van der Waals surface area contributed by atoms with E-state index in [0.717, 1.165) is 15.3 Å². The summed E-state index contributed by atoms with van der Waals surface area (Å²) < 4.78 is 6.24. The third-order valence-corrected chi connectivity index (χ3v) is 2.73. The number of rotatable bonds is 0. The molecule has 1 atom stereocenters. The van der Waals surface area contributed by atoms with Crippen molar-refractivity contribution in [2.45, 2.75) is 6.92 Å². The second kappa shape index (κ2) is 3.04.